The molecule has 66 valence electrons. The van der Waals surface area contributed by atoms with E-state index in [4.69, 9.17) is 0 Å². The first-order chi connectivity index (χ1) is 5.43. The molecule has 0 aliphatic carbocycles. The van der Waals surface area contributed by atoms with Crippen molar-refractivity contribution in [1.29, 1.82) is 0 Å². The molecule has 1 aromatic rings. The SMILES string of the molecule is Cc1c(Br)cncc1C(F)(F)F. The second kappa shape index (κ2) is 3.05. The molecule has 1 nitrogen and oxygen atoms in total. The molecule has 0 aliphatic heterocycles. The highest BCUT2D eigenvalue weighted by Gasteiger charge is 2.33. The highest BCUT2D eigenvalue weighted by molar-refractivity contribution is 9.10. The molecule has 0 amide bonds. The molecule has 0 saturated carbocycles. The Hall–Kier alpha value is -0.580. The summed E-state index contributed by atoms with van der Waals surface area (Å²) in [7, 11) is 0. The van der Waals surface area contributed by atoms with E-state index in [9.17, 15) is 13.2 Å². The Morgan fingerprint density at radius 1 is 1.33 bits per heavy atom. The zero-order chi connectivity index (χ0) is 9.35. The molecule has 0 atom stereocenters. The van der Waals surface area contributed by atoms with Gasteiger partial charge in [-0.3, -0.25) is 4.98 Å². The standard InChI is InChI=1S/C7H5BrF3N/c1-4-5(7(9,10)11)2-12-3-6(4)8/h2-3H,1H3. The molecular formula is C7H5BrF3N. The van der Waals surface area contributed by atoms with Gasteiger partial charge in [-0.25, -0.2) is 0 Å². The monoisotopic (exact) mass is 239 g/mol. The van der Waals surface area contributed by atoms with Gasteiger partial charge in [0.25, 0.3) is 0 Å². The summed E-state index contributed by atoms with van der Waals surface area (Å²) in [5.74, 6) is 0. The van der Waals surface area contributed by atoms with Crippen LogP contribution in [0.3, 0.4) is 0 Å². The second-order valence-corrected chi connectivity index (χ2v) is 3.15. The number of alkyl halides is 3. The molecule has 0 N–H and O–H groups in total. The third-order valence-corrected chi connectivity index (χ3v) is 2.26. The summed E-state index contributed by atoms with van der Waals surface area (Å²) in [5.41, 5.74) is -0.533. The summed E-state index contributed by atoms with van der Waals surface area (Å²) >= 11 is 2.98. The quantitative estimate of drug-likeness (QED) is 0.678. The Kier molecular flexibility index (Phi) is 2.41. The first-order valence-electron chi connectivity index (χ1n) is 3.10. The molecule has 5 heteroatoms. The van der Waals surface area contributed by atoms with Crippen molar-refractivity contribution >= 4 is 15.9 Å². The van der Waals surface area contributed by atoms with Crippen LogP contribution < -0.4 is 0 Å². The molecular weight excluding hydrogens is 235 g/mol. The maximum absolute atomic E-state index is 12.2. The molecule has 0 saturated heterocycles. The summed E-state index contributed by atoms with van der Waals surface area (Å²) in [6, 6.07) is 0. The van der Waals surface area contributed by atoms with Gasteiger partial charge < -0.3 is 0 Å². The predicted molar refractivity (Wildman–Crippen MR) is 41.7 cm³/mol. The van der Waals surface area contributed by atoms with E-state index < -0.39 is 11.7 Å². The van der Waals surface area contributed by atoms with Gasteiger partial charge in [0.05, 0.1) is 5.56 Å². The first kappa shape index (κ1) is 9.51. The van der Waals surface area contributed by atoms with E-state index in [1.807, 2.05) is 0 Å². The van der Waals surface area contributed by atoms with Crippen molar-refractivity contribution < 1.29 is 13.2 Å². The Balaban J connectivity index is 3.26. The number of hydrogen-bond donors (Lipinski definition) is 0. The lowest BCUT2D eigenvalue weighted by Gasteiger charge is -2.09. The average Bonchev–Trinajstić information content (AvgIpc) is 1.92. The maximum Gasteiger partial charge on any atom is 0.418 e. The number of halogens is 4. The van der Waals surface area contributed by atoms with Crippen LogP contribution in [0.4, 0.5) is 13.2 Å². The Morgan fingerprint density at radius 3 is 2.33 bits per heavy atom. The molecule has 0 fully saturated rings. The molecule has 0 radical (unpaired) electrons. The minimum absolute atomic E-state index is 0.164. The molecule has 1 rings (SSSR count). The van der Waals surface area contributed by atoms with Crippen LogP contribution in [0.2, 0.25) is 0 Å². The van der Waals surface area contributed by atoms with Crippen molar-refractivity contribution in [2.45, 2.75) is 13.1 Å². The van der Waals surface area contributed by atoms with Gasteiger partial charge in [0.2, 0.25) is 0 Å². The van der Waals surface area contributed by atoms with Crippen LogP contribution in [0.5, 0.6) is 0 Å². The van der Waals surface area contributed by atoms with E-state index in [1.54, 1.807) is 0 Å². The highest BCUT2D eigenvalue weighted by Crippen LogP contribution is 2.33. The van der Waals surface area contributed by atoms with E-state index in [1.165, 1.54) is 13.1 Å². The average molecular weight is 240 g/mol. The van der Waals surface area contributed by atoms with Crippen molar-refractivity contribution in [3.8, 4) is 0 Å². The summed E-state index contributed by atoms with van der Waals surface area (Å²) in [6.07, 6.45) is -2.16. The minimum atomic E-state index is -4.32. The van der Waals surface area contributed by atoms with E-state index >= 15 is 0 Å². The van der Waals surface area contributed by atoms with Crippen molar-refractivity contribution in [3.05, 3.63) is 28.0 Å². The zero-order valence-corrected chi connectivity index (χ0v) is 7.70. The summed E-state index contributed by atoms with van der Waals surface area (Å²) in [5, 5.41) is 0. The van der Waals surface area contributed by atoms with Crippen LogP contribution in [0.25, 0.3) is 0 Å². The number of nitrogens with zero attached hydrogens (tertiary/aromatic N) is 1. The van der Waals surface area contributed by atoms with Crippen molar-refractivity contribution in [3.63, 3.8) is 0 Å². The third-order valence-electron chi connectivity index (χ3n) is 1.46. The smallest absolute Gasteiger partial charge is 0.263 e. The molecule has 0 spiro atoms. The fourth-order valence-corrected chi connectivity index (χ4v) is 1.12. The minimum Gasteiger partial charge on any atom is -0.263 e. The highest BCUT2D eigenvalue weighted by atomic mass is 79.9. The second-order valence-electron chi connectivity index (χ2n) is 2.29. The molecule has 12 heavy (non-hydrogen) atoms. The van der Waals surface area contributed by atoms with E-state index in [2.05, 4.69) is 20.9 Å². The summed E-state index contributed by atoms with van der Waals surface area (Å²) < 4.78 is 36.9. The molecule has 0 aliphatic rings. The maximum atomic E-state index is 12.2. The molecule has 0 bridgehead atoms. The molecule has 0 aromatic carbocycles. The molecule has 1 heterocycles. The van der Waals surface area contributed by atoms with Gasteiger partial charge in [-0.1, -0.05) is 0 Å². The van der Waals surface area contributed by atoms with Gasteiger partial charge >= 0.3 is 6.18 Å². The van der Waals surface area contributed by atoms with Gasteiger partial charge in [0.1, 0.15) is 0 Å². The lowest BCUT2D eigenvalue weighted by Crippen LogP contribution is -2.08. The Morgan fingerprint density at radius 2 is 1.92 bits per heavy atom. The number of hydrogen-bond acceptors (Lipinski definition) is 1. The fourth-order valence-electron chi connectivity index (χ4n) is 0.785. The van der Waals surface area contributed by atoms with Gasteiger partial charge in [-0.05, 0) is 28.4 Å². The van der Waals surface area contributed by atoms with Crippen LogP contribution in [-0.2, 0) is 6.18 Å². The van der Waals surface area contributed by atoms with Gasteiger partial charge in [0.15, 0.2) is 0 Å². The van der Waals surface area contributed by atoms with E-state index in [0.717, 1.165) is 6.20 Å². The van der Waals surface area contributed by atoms with Crippen LogP contribution >= 0.6 is 15.9 Å². The number of rotatable bonds is 0. The lowest BCUT2D eigenvalue weighted by atomic mass is 10.1. The lowest BCUT2D eigenvalue weighted by molar-refractivity contribution is -0.138. The van der Waals surface area contributed by atoms with Crippen LogP contribution in [0, 0.1) is 6.92 Å². The molecule has 1 aromatic heterocycles. The Labute approximate surface area is 75.7 Å². The first-order valence-corrected chi connectivity index (χ1v) is 3.89. The predicted octanol–water partition coefficient (Wildman–Crippen LogP) is 3.17. The number of aromatic nitrogens is 1. The fraction of sp³-hybridized carbons (Fsp3) is 0.286. The normalized spacial score (nSPS) is 11.8. The van der Waals surface area contributed by atoms with Crippen LogP contribution in [0.1, 0.15) is 11.1 Å². The van der Waals surface area contributed by atoms with Gasteiger partial charge in [0, 0.05) is 16.9 Å². The van der Waals surface area contributed by atoms with E-state index in [0.29, 0.717) is 4.47 Å². The van der Waals surface area contributed by atoms with Crippen molar-refractivity contribution in [1.82, 2.24) is 4.98 Å². The van der Waals surface area contributed by atoms with Crippen molar-refractivity contribution in [2.75, 3.05) is 0 Å². The summed E-state index contributed by atoms with van der Waals surface area (Å²) in [6.45, 7) is 1.40. The largest absolute Gasteiger partial charge is 0.418 e. The third kappa shape index (κ3) is 1.77. The van der Waals surface area contributed by atoms with Gasteiger partial charge in [-0.15, -0.1) is 0 Å². The Bertz CT molecular complexity index is 295. The van der Waals surface area contributed by atoms with E-state index in [-0.39, 0.29) is 5.56 Å². The van der Waals surface area contributed by atoms with Crippen molar-refractivity contribution in [2.24, 2.45) is 0 Å². The zero-order valence-electron chi connectivity index (χ0n) is 6.11. The molecule has 0 unspecified atom stereocenters. The topological polar surface area (TPSA) is 12.9 Å². The van der Waals surface area contributed by atoms with Crippen LogP contribution in [-0.4, -0.2) is 4.98 Å². The summed E-state index contributed by atoms with van der Waals surface area (Å²) in [4.78, 5) is 3.44. The van der Waals surface area contributed by atoms with Gasteiger partial charge in [-0.2, -0.15) is 13.2 Å². The van der Waals surface area contributed by atoms with Crippen LogP contribution in [0.15, 0.2) is 16.9 Å². The number of pyridine rings is 1.